The molecule has 25 heavy (non-hydrogen) atoms. The average Bonchev–Trinajstić information content (AvgIpc) is 3.03. The van der Waals surface area contributed by atoms with Gasteiger partial charge in [-0.15, -0.1) is 10.2 Å². The van der Waals surface area contributed by atoms with Crippen LogP contribution in [-0.4, -0.2) is 21.9 Å². The normalized spacial score (nSPS) is 10.9. The zero-order valence-corrected chi connectivity index (χ0v) is 16.1. The minimum atomic E-state index is 0.715. The molecule has 0 aliphatic carbocycles. The number of benzene rings is 2. The molecule has 1 heterocycles. The lowest BCUT2D eigenvalue weighted by atomic mass is 10.1. The van der Waals surface area contributed by atoms with Crippen LogP contribution in [0, 0.1) is 6.92 Å². The van der Waals surface area contributed by atoms with Gasteiger partial charge < -0.3 is 9.30 Å². The van der Waals surface area contributed by atoms with E-state index in [0.29, 0.717) is 5.02 Å². The van der Waals surface area contributed by atoms with Crippen LogP contribution < -0.4 is 4.74 Å². The van der Waals surface area contributed by atoms with Crippen LogP contribution in [0.3, 0.4) is 0 Å². The van der Waals surface area contributed by atoms with Gasteiger partial charge in [0.1, 0.15) is 5.75 Å². The van der Waals surface area contributed by atoms with Crippen LogP contribution in [0.2, 0.25) is 5.02 Å². The van der Waals surface area contributed by atoms with Crippen molar-refractivity contribution in [1.82, 2.24) is 14.8 Å². The Morgan fingerprint density at radius 1 is 1.12 bits per heavy atom. The van der Waals surface area contributed by atoms with E-state index in [-0.39, 0.29) is 0 Å². The topological polar surface area (TPSA) is 39.9 Å². The fraction of sp³-hybridized carbons (Fsp3) is 0.263. The van der Waals surface area contributed by atoms with Crippen LogP contribution in [0.1, 0.15) is 18.1 Å². The van der Waals surface area contributed by atoms with Gasteiger partial charge in [-0.1, -0.05) is 41.1 Å². The van der Waals surface area contributed by atoms with E-state index in [2.05, 4.69) is 40.7 Å². The Morgan fingerprint density at radius 3 is 2.56 bits per heavy atom. The lowest BCUT2D eigenvalue weighted by Gasteiger charge is -2.10. The Balaban J connectivity index is 1.84. The number of hydrogen-bond acceptors (Lipinski definition) is 4. The third kappa shape index (κ3) is 3.99. The predicted molar refractivity (Wildman–Crippen MR) is 103 cm³/mol. The number of ether oxygens (including phenoxy) is 1. The Morgan fingerprint density at radius 2 is 1.88 bits per heavy atom. The van der Waals surface area contributed by atoms with Gasteiger partial charge in [0.05, 0.1) is 7.11 Å². The summed E-state index contributed by atoms with van der Waals surface area (Å²) in [6, 6.07) is 13.9. The van der Waals surface area contributed by atoms with Crippen molar-refractivity contribution >= 4 is 23.4 Å². The number of thioether (sulfide) groups is 1. The lowest BCUT2D eigenvalue weighted by molar-refractivity contribution is 0.411. The zero-order chi connectivity index (χ0) is 17.8. The summed E-state index contributed by atoms with van der Waals surface area (Å²) in [5.74, 6) is 2.54. The molecule has 0 amide bonds. The number of aromatic nitrogens is 3. The van der Waals surface area contributed by atoms with Crippen molar-refractivity contribution in [2.45, 2.75) is 31.3 Å². The Bertz CT molecular complexity index is 862. The second kappa shape index (κ2) is 7.93. The van der Waals surface area contributed by atoms with E-state index >= 15 is 0 Å². The summed E-state index contributed by atoms with van der Waals surface area (Å²) in [5.41, 5.74) is 3.39. The second-order valence-corrected chi connectivity index (χ2v) is 7.04. The molecule has 2 aromatic carbocycles. The van der Waals surface area contributed by atoms with Crippen molar-refractivity contribution in [3.05, 3.63) is 58.6 Å². The molecule has 0 saturated carbocycles. The standard InChI is InChI=1S/C19H20ClN3OS/c1-4-23-18(14-6-8-16(20)9-7-14)21-22-19(23)25-12-15-11-13(2)5-10-17(15)24-3/h5-11H,4,12H2,1-3H3. The van der Waals surface area contributed by atoms with Gasteiger partial charge in [-0.25, -0.2) is 0 Å². The van der Waals surface area contributed by atoms with E-state index in [0.717, 1.165) is 40.2 Å². The van der Waals surface area contributed by atoms with E-state index in [1.807, 2.05) is 30.3 Å². The highest BCUT2D eigenvalue weighted by Gasteiger charge is 2.14. The van der Waals surface area contributed by atoms with Crippen molar-refractivity contribution in [2.75, 3.05) is 7.11 Å². The molecular weight excluding hydrogens is 354 g/mol. The SMILES string of the molecule is CCn1c(SCc2cc(C)ccc2OC)nnc1-c1ccc(Cl)cc1. The molecule has 0 saturated heterocycles. The first kappa shape index (κ1) is 17.8. The van der Waals surface area contributed by atoms with Crippen LogP contribution in [0.5, 0.6) is 5.75 Å². The highest BCUT2D eigenvalue weighted by molar-refractivity contribution is 7.98. The Kier molecular flexibility index (Phi) is 5.66. The molecule has 0 aliphatic heterocycles. The van der Waals surface area contributed by atoms with Crippen LogP contribution in [0.4, 0.5) is 0 Å². The maximum atomic E-state index is 5.98. The number of aryl methyl sites for hydroxylation is 1. The van der Waals surface area contributed by atoms with Crippen molar-refractivity contribution in [1.29, 1.82) is 0 Å². The molecular formula is C19H20ClN3OS. The monoisotopic (exact) mass is 373 g/mol. The first-order valence-electron chi connectivity index (χ1n) is 8.07. The van der Waals surface area contributed by atoms with Gasteiger partial charge in [0.15, 0.2) is 11.0 Å². The minimum absolute atomic E-state index is 0.715. The van der Waals surface area contributed by atoms with Crippen molar-refractivity contribution < 1.29 is 4.74 Å². The summed E-state index contributed by atoms with van der Waals surface area (Å²) in [7, 11) is 1.70. The maximum Gasteiger partial charge on any atom is 0.191 e. The number of hydrogen-bond donors (Lipinski definition) is 0. The Labute approximate surface area is 157 Å². The molecule has 0 N–H and O–H groups in total. The molecule has 3 aromatic rings. The lowest BCUT2D eigenvalue weighted by Crippen LogP contribution is -2.00. The average molecular weight is 374 g/mol. The van der Waals surface area contributed by atoms with Gasteiger partial charge in [-0.3, -0.25) is 0 Å². The molecule has 6 heteroatoms. The van der Waals surface area contributed by atoms with Crippen LogP contribution in [0.25, 0.3) is 11.4 Å². The summed E-state index contributed by atoms with van der Waals surface area (Å²) >= 11 is 7.64. The van der Waals surface area contributed by atoms with E-state index in [1.54, 1.807) is 18.9 Å². The molecule has 3 rings (SSSR count). The molecule has 0 spiro atoms. The largest absolute Gasteiger partial charge is 0.496 e. The summed E-state index contributed by atoms with van der Waals surface area (Å²) in [6.07, 6.45) is 0. The fourth-order valence-corrected chi connectivity index (χ4v) is 3.76. The van der Waals surface area contributed by atoms with Gasteiger partial charge in [0.2, 0.25) is 0 Å². The van der Waals surface area contributed by atoms with Crippen molar-refractivity contribution in [3.63, 3.8) is 0 Å². The van der Waals surface area contributed by atoms with Crippen molar-refractivity contribution in [2.24, 2.45) is 0 Å². The molecule has 0 unspecified atom stereocenters. The number of halogens is 1. The molecule has 1 aromatic heterocycles. The summed E-state index contributed by atoms with van der Waals surface area (Å²) in [6.45, 7) is 4.99. The van der Waals surface area contributed by atoms with Crippen LogP contribution >= 0.6 is 23.4 Å². The number of rotatable bonds is 6. The molecule has 0 radical (unpaired) electrons. The van der Waals surface area contributed by atoms with Gasteiger partial charge >= 0.3 is 0 Å². The van der Waals surface area contributed by atoms with E-state index in [4.69, 9.17) is 16.3 Å². The predicted octanol–water partition coefficient (Wildman–Crippen LogP) is 5.23. The summed E-state index contributed by atoms with van der Waals surface area (Å²) in [5, 5.41) is 10.4. The number of nitrogens with zero attached hydrogens (tertiary/aromatic N) is 3. The third-order valence-corrected chi connectivity index (χ3v) is 5.20. The second-order valence-electron chi connectivity index (χ2n) is 5.66. The summed E-state index contributed by atoms with van der Waals surface area (Å²) in [4.78, 5) is 0. The third-order valence-electron chi connectivity index (χ3n) is 3.93. The van der Waals surface area contributed by atoms with Gasteiger partial charge in [0, 0.05) is 28.4 Å². The quantitative estimate of drug-likeness (QED) is 0.555. The van der Waals surface area contributed by atoms with Crippen LogP contribution in [0.15, 0.2) is 47.6 Å². The first-order valence-corrected chi connectivity index (χ1v) is 9.44. The van der Waals surface area contributed by atoms with Gasteiger partial charge in [-0.05, 0) is 44.2 Å². The van der Waals surface area contributed by atoms with Crippen LogP contribution in [-0.2, 0) is 12.3 Å². The minimum Gasteiger partial charge on any atom is -0.496 e. The molecule has 0 aliphatic rings. The smallest absolute Gasteiger partial charge is 0.191 e. The van der Waals surface area contributed by atoms with E-state index in [1.165, 1.54) is 5.56 Å². The highest BCUT2D eigenvalue weighted by atomic mass is 35.5. The Hall–Kier alpha value is -1.98. The van der Waals surface area contributed by atoms with E-state index < -0.39 is 0 Å². The molecule has 0 bridgehead atoms. The highest BCUT2D eigenvalue weighted by Crippen LogP contribution is 2.30. The van der Waals surface area contributed by atoms with E-state index in [9.17, 15) is 0 Å². The molecule has 0 atom stereocenters. The molecule has 4 nitrogen and oxygen atoms in total. The van der Waals surface area contributed by atoms with Crippen molar-refractivity contribution in [3.8, 4) is 17.1 Å². The molecule has 130 valence electrons. The van der Waals surface area contributed by atoms with Gasteiger partial charge in [-0.2, -0.15) is 0 Å². The van der Waals surface area contributed by atoms with Gasteiger partial charge in [0.25, 0.3) is 0 Å². The maximum absolute atomic E-state index is 5.98. The fourth-order valence-electron chi connectivity index (χ4n) is 2.66. The number of methoxy groups -OCH3 is 1. The first-order chi connectivity index (χ1) is 12.1. The molecule has 0 fully saturated rings. The summed E-state index contributed by atoms with van der Waals surface area (Å²) < 4.78 is 7.58. The zero-order valence-electron chi connectivity index (χ0n) is 14.5.